The van der Waals surface area contributed by atoms with Crippen LogP contribution in [-0.4, -0.2) is 31.9 Å². The maximum atomic E-state index is 12.3. The number of halogens is 7. The Kier molecular flexibility index (Phi) is 2.29. The minimum atomic E-state index is -6.33. The van der Waals surface area contributed by atoms with Crippen molar-refractivity contribution in [3.63, 3.8) is 0 Å². The summed E-state index contributed by atoms with van der Waals surface area (Å²) in [6, 6.07) is 0. The summed E-state index contributed by atoms with van der Waals surface area (Å²) >= 11 is 0. The third-order valence-corrected chi connectivity index (χ3v) is 3.63. The average Bonchev–Trinajstić information content (AvgIpc) is 1.74. The van der Waals surface area contributed by atoms with Crippen LogP contribution in [0.1, 0.15) is 0 Å². The molecule has 0 aromatic heterocycles. The van der Waals surface area contributed by atoms with Gasteiger partial charge in [0, 0.05) is 0 Å². The van der Waals surface area contributed by atoms with Gasteiger partial charge in [0.1, 0.15) is 0 Å². The third-order valence-electron chi connectivity index (χ3n) is 1.77. The van der Waals surface area contributed by atoms with Crippen LogP contribution < -0.4 is 0 Å². The number of hydrogen-bond acceptors (Lipinski definition) is 3. The molecule has 0 aliphatic carbocycles. The highest BCUT2D eigenvalue weighted by Crippen LogP contribution is 2.58. The Morgan fingerprint density at radius 2 is 1.33 bits per heavy atom. The highest BCUT2D eigenvalue weighted by Gasteiger charge is 2.90. The zero-order valence-corrected chi connectivity index (χ0v) is 7.17. The number of rotatable bonds is 0. The Bertz CT molecular complexity index is 351. The van der Waals surface area contributed by atoms with Gasteiger partial charge in [-0.05, 0) is 0 Å². The van der Waals surface area contributed by atoms with Gasteiger partial charge >= 0.3 is 17.1 Å². The molecule has 15 heavy (non-hydrogen) atoms. The third kappa shape index (κ3) is 1.25. The monoisotopic (exact) mass is 262 g/mol. The zero-order chi connectivity index (χ0) is 12.3. The molecule has 1 aliphatic rings. The average molecular weight is 262 g/mol. The van der Waals surface area contributed by atoms with Gasteiger partial charge in [0.05, 0.1) is 0 Å². The standard InChI is InChI=1S/C4HF7O3S/c5-1-2(3(6,7)8,4(9,10)11)15(12,13)14-1/h1H. The first kappa shape index (κ1) is 12.5. The molecule has 1 heterocycles. The van der Waals surface area contributed by atoms with E-state index in [-0.39, 0.29) is 0 Å². The van der Waals surface area contributed by atoms with Crippen molar-refractivity contribution in [1.29, 1.82) is 0 Å². The van der Waals surface area contributed by atoms with Gasteiger partial charge in [0.25, 0.3) is 16.5 Å². The maximum absolute atomic E-state index is 12.3. The molecule has 0 spiro atoms. The van der Waals surface area contributed by atoms with Crippen LogP contribution in [0.4, 0.5) is 30.7 Å². The van der Waals surface area contributed by atoms with Crippen LogP contribution in [0.3, 0.4) is 0 Å². The van der Waals surface area contributed by atoms with Crippen LogP contribution in [0.25, 0.3) is 0 Å². The molecule has 90 valence electrons. The second kappa shape index (κ2) is 2.75. The van der Waals surface area contributed by atoms with Crippen LogP contribution in [0.2, 0.25) is 0 Å². The fraction of sp³-hybridized carbons (Fsp3) is 1.00. The van der Waals surface area contributed by atoms with Crippen molar-refractivity contribution in [1.82, 2.24) is 0 Å². The van der Waals surface area contributed by atoms with E-state index in [9.17, 15) is 39.2 Å². The van der Waals surface area contributed by atoms with E-state index in [2.05, 4.69) is 4.18 Å². The predicted molar refractivity (Wildman–Crippen MR) is 29.7 cm³/mol. The fourth-order valence-electron chi connectivity index (χ4n) is 1.03. The topological polar surface area (TPSA) is 43.4 Å². The van der Waals surface area contributed by atoms with Crippen LogP contribution >= 0.6 is 0 Å². The lowest BCUT2D eigenvalue weighted by atomic mass is 10.1. The summed E-state index contributed by atoms with van der Waals surface area (Å²) in [7, 11) is -6.07. The van der Waals surface area contributed by atoms with Crippen molar-refractivity contribution < 1.29 is 43.3 Å². The van der Waals surface area contributed by atoms with Gasteiger partial charge in [0.15, 0.2) is 0 Å². The Morgan fingerprint density at radius 3 is 1.40 bits per heavy atom. The van der Waals surface area contributed by atoms with Gasteiger partial charge in [-0.15, -0.1) is 0 Å². The van der Waals surface area contributed by atoms with Crippen LogP contribution in [0.5, 0.6) is 0 Å². The molecular formula is C4HF7O3S. The SMILES string of the molecule is O=S1(=O)OC(F)C1(C(F)(F)F)C(F)(F)F. The second-order valence-electron chi connectivity index (χ2n) is 2.60. The van der Waals surface area contributed by atoms with E-state index in [1.165, 1.54) is 0 Å². The first-order valence-corrected chi connectivity index (χ1v) is 4.49. The van der Waals surface area contributed by atoms with Gasteiger partial charge in [0.2, 0.25) is 0 Å². The Labute approximate surface area is 77.9 Å². The number of hydrogen-bond donors (Lipinski definition) is 0. The highest BCUT2D eigenvalue weighted by atomic mass is 32.2. The van der Waals surface area contributed by atoms with Crippen molar-refractivity contribution in [2.75, 3.05) is 0 Å². The summed E-state index contributed by atoms with van der Waals surface area (Å²) in [6.07, 6.45) is -16.7. The molecule has 0 aromatic rings. The molecule has 0 amide bonds. The van der Waals surface area contributed by atoms with Crippen molar-refractivity contribution in [2.24, 2.45) is 0 Å². The largest absolute Gasteiger partial charge is 0.425 e. The molecule has 0 radical (unpaired) electrons. The first-order valence-electron chi connectivity index (χ1n) is 3.08. The molecule has 0 aromatic carbocycles. The summed E-state index contributed by atoms with van der Waals surface area (Å²) in [4.78, 5) is 0. The van der Waals surface area contributed by atoms with Gasteiger partial charge in [-0.25, -0.2) is 8.57 Å². The quantitative estimate of drug-likeness (QED) is 0.491. The molecule has 1 aliphatic heterocycles. The van der Waals surface area contributed by atoms with Gasteiger partial charge in [-0.1, -0.05) is 0 Å². The molecule has 0 saturated carbocycles. The molecule has 1 atom stereocenters. The zero-order valence-electron chi connectivity index (χ0n) is 6.36. The Balaban J connectivity index is 3.47. The molecule has 1 unspecified atom stereocenters. The highest BCUT2D eigenvalue weighted by molar-refractivity contribution is 7.89. The fourth-order valence-corrected chi connectivity index (χ4v) is 2.24. The van der Waals surface area contributed by atoms with E-state index in [4.69, 9.17) is 0 Å². The van der Waals surface area contributed by atoms with E-state index in [0.29, 0.717) is 0 Å². The molecule has 3 nitrogen and oxygen atoms in total. The maximum Gasteiger partial charge on any atom is 0.425 e. The van der Waals surface area contributed by atoms with Crippen LogP contribution in [0, 0.1) is 0 Å². The van der Waals surface area contributed by atoms with E-state index >= 15 is 0 Å². The summed E-state index contributed by atoms with van der Waals surface area (Å²) in [5, 5.41) is 0. The molecular weight excluding hydrogens is 261 g/mol. The van der Waals surface area contributed by atoms with Crippen LogP contribution in [0.15, 0.2) is 0 Å². The van der Waals surface area contributed by atoms with Gasteiger partial charge in [-0.3, -0.25) is 0 Å². The van der Waals surface area contributed by atoms with E-state index in [0.717, 1.165) is 0 Å². The van der Waals surface area contributed by atoms with Crippen molar-refractivity contribution >= 4 is 10.1 Å². The van der Waals surface area contributed by atoms with Crippen molar-refractivity contribution in [3.05, 3.63) is 0 Å². The molecule has 1 fully saturated rings. The first-order chi connectivity index (χ1) is 6.38. The van der Waals surface area contributed by atoms with Crippen molar-refractivity contribution in [2.45, 2.75) is 23.5 Å². The molecule has 1 rings (SSSR count). The van der Waals surface area contributed by atoms with Crippen molar-refractivity contribution in [3.8, 4) is 0 Å². The Hall–Kier alpha value is -0.580. The molecule has 0 N–H and O–H groups in total. The summed E-state index contributed by atoms with van der Waals surface area (Å²) < 4.78 is 102. The summed E-state index contributed by atoms with van der Waals surface area (Å²) in [5.74, 6) is 0. The number of alkyl halides is 7. The lowest BCUT2D eigenvalue weighted by Gasteiger charge is -2.43. The van der Waals surface area contributed by atoms with Gasteiger partial charge < -0.3 is 0 Å². The Morgan fingerprint density at radius 1 is 1.00 bits per heavy atom. The normalized spacial score (nSPS) is 29.7. The van der Waals surface area contributed by atoms with Gasteiger partial charge in [-0.2, -0.15) is 34.8 Å². The predicted octanol–water partition coefficient (Wildman–Crippen LogP) is 1.51. The lowest BCUT2D eigenvalue weighted by molar-refractivity contribution is -0.320. The van der Waals surface area contributed by atoms with E-state index in [1.54, 1.807) is 0 Å². The summed E-state index contributed by atoms with van der Waals surface area (Å²) in [5.41, 5.74) is 0. The molecule has 0 bridgehead atoms. The molecule has 11 heteroatoms. The van der Waals surface area contributed by atoms with E-state index < -0.39 is 33.6 Å². The van der Waals surface area contributed by atoms with Crippen LogP contribution in [-0.2, 0) is 14.3 Å². The minimum absolute atomic E-state index is 2.86. The molecule has 1 saturated heterocycles. The lowest BCUT2D eigenvalue weighted by Crippen LogP contribution is -2.75. The smallest absolute Gasteiger partial charge is 0.229 e. The summed E-state index contributed by atoms with van der Waals surface area (Å²) in [6.45, 7) is 0. The minimum Gasteiger partial charge on any atom is -0.229 e. The second-order valence-corrected chi connectivity index (χ2v) is 4.34. The van der Waals surface area contributed by atoms with E-state index in [1.807, 2.05) is 0 Å².